The van der Waals surface area contributed by atoms with Crippen molar-refractivity contribution in [3.05, 3.63) is 47.9 Å². The third-order valence-corrected chi connectivity index (χ3v) is 4.76. The van der Waals surface area contributed by atoms with Crippen LogP contribution in [0.3, 0.4) is 0 Å². The van der Waals surface area contributed by atoms with Gasteiger partial charge in [-0.3, -0.25) is 0 Å². The molecule has 1 rings (SSSR count). The summed E-state index contributed by atoms with van der Waals surface area (Å²) in [6.07, 6.45) is 3.60. The van der Waals surface area contributed by atoms with E-state index in [9.17, 15) is 0 Å². The average Bonchev–Trinajstić information content (AvgIpc) is 2.84. The molecule has 34 heavy (non-hydrogen) atoms. The van der Waals surface area contributed by atoms with Crippen molar-refractivity contribution in [3.8, 4) is 0 Å². The fourth-order valence-electron chi connectivity index (χ4n) is 2.83. The Hall–Kier alpha value is -1.86. The van der Waals surface area contributed by atoms with E-state index in [2.05, 4.69) is 18.2 Å². The van der Waals surface area contributed by atoms with E-state index in [1.54, 1.807) is 26.7 Å². The van der Waals surface area contributed by atoms with Crippen molar-refractivity contribution in [2.24, 2.45) is 0 Å². The Bertz CT molecular complexity index is 645. The van der Waals surface area contributed by atoms with Crippen LogP contribution in [0.25, 0.3) is 11.1 Å². The number of hydrogen-bond donors (Lipinski definition) is 0. The summed E-state index contributed by atoms with van der Waals surface area (Å²) in [6.45, 7) is 18.2. The second-order valence-corrected chi connectivity index (χ2v) is 8.27. The van der Waals surface area contributed by atoms with Gasteiger partial charge in [-0.2, -0.15) is 0 Å². The van der Waals surface area contributed by atoms with Crippen LogP contribution in [0.2, 0.25) is 0 Å². The summed E-state index contributed by atoms with van der Waals surface area (Å²) in [5, 5.41) is 0. The summed E-state index contributed by atoms with van der Waals surface area (Å²) in [5.74, 6) is 0. The van der Waals surface area contributed by atoms with E-state index >= 15 is 0 Å². The SMILES string of the molecule is CC.COCC(C)OCC(C)O/C=C(\C)c1cccc(/C(C)=C/OC(C)COC(C)COC)c1. The van der Waals surface area contributed by atoms with Crippen LogP contribution in [0, 0.1) is 0 Å². The second kappa shape index (κ2) is 19.4. The molecular weight excluding hydrogens is 432 g/mol. The Kier molecular flexibility index (Phi) is 18.4. The van der Waals surface area contributed by atoms with Gasteiger partial charge in [-0.05, 0) is 69.9 Å². The molecule has 0 saturated carbocycles. The summed E-state index contributed by atoms with van der Waals surface area (Å²) in [5.41, 5.74) is 4.29. The maximum absolute atomic E-state index is 5.84. The number of rotatable bonds is 16. The zero-order valence-corrected chi connectivity index (χ0v) is 23.1. The Morgan fingerprint density at radius 2 is 1.06 bits per heavy atom. The molecule has 4 unspecified atom stereocenters. The molecule has 0 bridgehead atoms. The fraction of sp³-hybridized carbons (Fsp3) is 0.643. The molecule has 0 saturated heterocycles. The highest BCUT2D eigenvalue weighted by molar-refractivity contribution is 5.70. The first-order valence-electron chi connectivity index (χ1n) is 12.2. The predicted molar refractivity (Wildman–Crippen MR) is 141 cm³/mol. The van der Waals surface area contributed by atoms with Gasteiger partial charge in [0, 0.05) is 14.2 Å². The molecule has 0 spiro atoms. The number of allylic oxidation sites excluding steroid dienone is 2. The van der Waals surface area contributed by atoms with E-state index in [4.69, 9.17) is 28.4 Å². The first-order valence-corrected chi connectivity index (χ1v) is 12.2. The lowest BCUT2D eigenvalue weighted by molar-refractivity contribution is -0.0302. The molecule has 0 radical (unpaired) electrons. The fourth-order valence-corrected chi connectivity index (χ4v) is 2.83. The van der Waals surface area contributed by atoms with Crippen LogP contribution in [0.5, 0.6) is 0 Å². The number of benzene rings is 1. The molecule has 0 aliphatic rings. The monoisotopic (exact) mass is 480 g/mol. The zero-order chi connectivity index (χ0) is 25.9. The van der Waals surface area contributed by atoms with Gasteiger partial charge in [0.05, 0.1) is 51.2 Å². The van der Waals surface area contributed by atoms with Crippen molar-refractivity contribution in [2.45, 2.75) is 79.8 Å². The lowest BCUT2D eigenvalue weighted by Crippen LogP contribution is -2.22. The first-order chi connectivity index (χ1) is 16.3. The number of hydrogen-bond acceptors (Lipinski definition) is 6. The van der Waals surface area contributed by atoms with Gasteiger partial charge in [0.15, 0.2) is 0 Å². The van der Waals surface area contributed by atoms with Crippen LogP contribution in [0.15, 0.2) is 36.8 Å². The molecule has 0 aliphatic carbocycles. The minimum Gasteiger partial charge on any atom is -0.496 e. The Balaban J connectivity index is 0.00000529. The zero-order valence-electron chi connectivity index (χ0n) is 23.1. The van der Waals surface area contributed by atoms with Crippen LogP contribution in [0.1, 0.15) is 66.5 Å². The topological polar surface area (TPSA) is 55.4 Å². The van der Waals surface area contributed by atoms with E-state index < -0.39 is 0 Å². The van der Waals surface area contributed by atoms with Gasteiger partial charge in [-0.25, -0.2) is 0 Å². The minimum absolute atomic E-state index is 0.0437. The lowest BCUT2D eigenvalue weighted by atomic mass is 10.0. The quantitative estimate of drug-likeness (QED) is 0.257. The molecule has 6 nitrogen and oxygen atoms in total. The van der Waals surface area contributed by atoms with Gasteiger partial charge in [0.25, 0.3) is 0 Å². The van der Waals surface area contributed by atoms with Crippen molar-refractivity contribution in [3.63, 3.8) is 0 Å². The number of methoxy groups -OCH3 is 2. The standard InChI is InChI=1S/C26H42O6.C2H6/c1-19(13-29-23(5)17-31-21(3)15-27-7)25-10-9-11-26(12-25)20(2)14-30-24(6)18-32-22(4)16-28-8;1-2/h9-14,21-24H,15-18H2,1-8H3;1-2H3/b19-13+,20-14+;. The van der Waals surface area contributed by atoms with Crippen LogP contribution in [0.4, 0.5) is 0 Å². The van der Waals surface area contributed by atoms with Crippen molar-refractivity contribution in [2.75, 3.05) is 40.6 Å². The predicted octanol–water partition coefficient (Wildman–Crippen LogP) is 6.35. The molecular formula is C28H48O6. The van der Waals surface area contributed by atoms with Gasteiger partial charge in [-0.15, -0.1) is 0 Å². The maximum atomic E-state index is 5.84. The van der Waals surface area contributed by atoms with Crippen molar-refractivity contribution in [1.29, 1.82) is 0 Å². The lowest BCUT2D eigenvalue weighted by Gasteiger charge is -2.17. The van der Waals surface area contributed by atoms with Crippen molar-refractivity contribution in [1.82, 2.24) is 0 Å². The maximum Gasteiger partial charge on any atom is 0.118 e. The average molecular weight is 481 g/mol. The largest absolute Gasteiger partial charge is 0.496 e. The highest BCUT2D eigenvalue weighted by atomic mass is 16.6. The van der Waals surface area contributed by atoms with Crippen molar-refractivity contribution >= 4 is 11.1 Å². The molecule has 1 aromatic rings. The molecule has 196 valence electrons. The van der Waals surface area contributed by atoms with Gasteiger partial charge in [-0.1, -0.05) is 32.0 Å². The van der Waals surface area contributed by atoms with E-state index in [0.29, 0.717) is 26.4 Å². The van der Waals surface area contributed by atoms with Crippen molar-refractivity contribution < 1.29 is 28.4 Å². The summed E-state index contributed by atoms with van der Waals surface area (Å²) in [4.78, 5) is 0. The van der Waals surface area contributed by atoms with Gasteiger partial charge in [0.1, 0.15) is 12.2 Å². The van der Waals surface area contributed by atoms with Crippen LogP contribution >= 0.6 is 0 Å². The highest BCUT2D eigenvalue weighted by Crippen LogP contribution is 2.21. The van der Waals surface area contributed by atoms with E-state index in [0.717, 1.165) is 22.3 Å². The van der Waals surface area contributed by atoms with Crippen LogP contribution < -0.4 is 0 Å². The van der Waals surface area contributed by atoms with Gasteiger partial charge < -0.3 is 28.4 Å². The van der Waals surface area contributed by atoms with E-state index in [-0.39, 0.29) is 24.4 Å². The first kappa shape index (κ1) is 32.1. The van der Waals surface area contributed by atoms with Crippen LogP contribution in [-0.2, 0) is 28.4 Å². The summed E-state index contributed by atoms with van der Waals surface area (Å²) in [6, 6.07) is 8.32. The molecule has 6 heteroatoms. The smallest absolute Gasteiger partial charge is 0.118 e. The summed E-state index contributed by atoms with van der Waals surface area (Å²) >= 11 is 0. The Morgan fingerprint density at radius 1 is 0.676 bits per heavy atom. The van der Waals surface area contributed by atoms with E-state index in [1.807, 2.05) is 61.5 Å². The minimum atomic E-state index is -0.0437. The third-order valence-electron chi connectivity index (χ3n) is 4.76. The Morgan fingerprint density at radius 3 is 1.41 bits per heavy atom. The van der Waals surface area contributed by atoms with Gasteiger partial charge in [0.2, 0.25) is 0 Å². The third kappa shape index (κ3) is 14.4. The summed E-state index contributed by atoms with van der Waals surface area (Å²) < 4.78 is 33.3. The normalized spacial score (nSPS) is 15.6. The molecule has 4 atom stereocenters. The number of ether oxygens (including phenoxy) is 6. The molecule has 0 amide bonds. The highest BCUT2D eigenvalue weighted by Gasteiger charge is 2.08. The Labute approximate surface area is 208 Å². The molecule has 0 aliphatic heterocycles. The van der Waals surface area contributed by atoms with Gasteiger partial charge >= 0.3 is 0 Å². The molecule has 0 aromatic heterocycles. The molecule has 0 N–H and O–H groups in total. The summed E-state index contributed by atoms with van der Waals surface area (Å²) in [7, 11) is 3.34. The molecule has 0 heterocycles. The van der Waals surface area contributed by atoms with E-state index in [1.165, 1.54) is 0 Å². The van der Waals surface area contributed by atoms with Crippen LogP contribution in [-0.4, -0.2) is 65.1 Å². The second-order valence-electron chi connectivity index (χ2n) is 8.27. The molecule has 1 aromatic carbocycles. The molecule has 0 fully saturated rings.